The molecule has 1 aliphatic heterocycles. The van der Waals surface area contributed by atoms with Crippen molar-refractivity contribution < 1.29 is 18.0 Å². The van der Waals surface area contributed by atoms with Gasteiger partial charge >= 0.3 is 0 Å². The first-order valence-corrected chi connectivity index (χ1v) is 12.3. The average molecular weight is 456 g/mol. The lowest BCUT2D eigenvalue weighted by atomic mass is 10.1. The number of carbonyl (C=O) groups is 2. The Labute approximate surface area is 189 Å². The number of piperidine rings is 1. The molecule has 3 rings (SSSR count). The highest BCUT2D eigenvalue weighted by Crippen LogP contribution is 2.14. The van der Waals surface area contributed by atoms with Crippen molar-refractivity contribution in [1.29, 1.82) is 0 Å². The molecule has 1 fully saturated rings. The van der Waals surface area contributed by atoms with Gasteiger partial charge in [0, 0.05) is 30.6 Å². The SMILES string of the molecule is Cc1ccc(C=CS(=O)(=O)NCC(=O)NCc2ccc(C(=O)N3CCCCC3)cc2)cc1. The van der Waals surface area contributed by atoms with E-state index in [2.05, 4.69) is 10.0 Å². The second-order valence-electron chi connectivity index (χ2n) is 7.91. The van der Waals surface area contributed by atoms with E-state index in [1.165, 1.54) is 12.5 Å². The molecule has 1 aliphatic rings. The molecule has 0 radical (unpaired) electrons. The lowest BCUT2D eigenvalue weighted by Crippen LogP contribution is -2.36. The van der Waals surface area contributed by atoms with Crippen molar-refractivity contribution in [3.8, 4) is 0 Å². The molecule has 8 heteroatoms. The standard InChI is InChI=1S/C24H29N3O4S/c1-19-5-7-20(8-6-19)13-16-32(30,31)26-18-23(28)25-17-21-9-11-22(12-10-21)24(29)27-14-3-2-4-15-27/h5-13,16,26H,2-4,14-15,17-18H2,1H3,(H,25,28). The van der Waals surface area contributed by atoms with Gasteiger partial charge in [-0.2, -0.15) is 0 Å². The van der Waals surface area contributed by atoms with E-state index < -0.39 is 15.9 Å². The van der Waals surface area contributed by atoms with Crippen LogP contribution in [-0.4, -0.2) is 44.8 Å². The lowest BCUT2D eigenvalue weighted by Gasteiger charge is -2.26. The van der Waals surface area contributed by atoms with Crippen LogP contribution in [0.2, 0.25) is 0 Å². The highest BCUT2D eigenvalue weighted by atomic mass is 32.2. The van der Waals surface area contributed by atoms with Crippen LogP contribution in [0, 0.1) is 6.92 Å². The van der Waals surface area contributed by atoms with Crippen molar-refractivity contribution >= 4 is 27.9 Å². The Morgan fingerprint density at radius 1 is 0.969 bits per heavy atom. The number of sulfonamides is 1. The van der Waals surface area contributed by atoms with E-state index in [-0.39, 0.29) is 19.0 Å². The fourth-order valence-corrected chi connectivity index (χ4v) is 4.13. The number of amides is 2. The van der Waals surface area contributed by atoms with Gasteiger partial charge < -0.3 is 10.2 Å². The molecule has 0 bridgehead atoms. The Bertz CT molecular complexity index is 1060. The van der Waals surface area contributed by atoms with Gasteiger partial charge in [-0.05, 0) is 55.5 Å². The number of benzene rings is 2. The number of hydrogen-bond donors (Lipinski definition) is 2. The van der Waals surface area contributed by atoms with Gasteiger partial charge in [-0.15, -0.1) is 0 Å². The van der Waals surface area contributed by atoms with E-state index in [1.54, 1.807) is 24.3 Å². The lowest BCUT2D eigenvalue weighted by molar-refractivity contribution is -0.120. The van der Waals surface area contributed by atoms with Gasteiger partial charge in [0.1, 0.15) is 0 Å². The molecular weight excluding hydrogens is 426 g/mol. The van der Waals surface area contributed by atoms with Gasteiger partial charge in [-0.25, -0.2) is 13.1 Å². The molecule has 32 heavy (non-hydrogen) atoms. The summed E-state index contributed by atoms with van der Waals surface area (Å²) in [5.41, 5.74) is 3.31. The van der Waals surface area contributed by atoms with Crippen LogP contribution in [0.25, 0.3) is 6.08 Å². The third kappa shape index (κ3) is 7.32. The summed E-state index contributed by atoms with van der Waals surface area (Å²) in [6, 6.07) is 14.5. The normalized spacial score (nSPS) is 14.5. The van der Waals surface area contributed by atoms with Crippen LogP contribution in [0.4, 0.5) is 0 Å². The summed E-state index contributed by atoms with van der Waals surface area (Å²) in [7, 11) is -3.73. The molecule has 170 valence electrons. The molecule has 2 amide bonds. The van der Waals surface area contributed by atoms with Gasteiger partial charge in [0.25, 0.3) is 5.91 Å². The average Bonchev–Trinajstić information content (AvgIpc) is 2.81. The van der Waals surface area contributed by atoms with Crippen LogP contribution >= 0.6 is 0 Å². The molecule has 1 saturated heterocycles. The van der Waals surface area contributed by atoms with Crippen LogP contribution in [0.5, 0.6) is 0 Å². The second-order valence-corrected chi connectivity index (χ2v) is 9.56. The van der Waals surface area contributed by atoms with E-state index in [0.717, 1.165) is 48.0 Å². The molecule has 1 heterocycles. The van der Waals surface area contributed by atoms with Crippen LogP contribution in [0.15, 0.2) is 53.9 Å². The van der Waals surface area contributed by atoms with E-state index in [1.807, 2.05) is 36.1 Å². The minimum atomic E-state index is -3.73. The van der Waals surface area contributed by atoms with E-state index in [9.17, 15) is 18.0 Å². The Morgan fingerprint density at radius 3 is 2.28 bits per heavy atom. The molecular formula is C24H29N3O4S. The van der Waals surface area contributed by atoms with Gasteiger partial charge in [0.2, 0.25) is 15.9 Å². The summed E-state index contributed by atoms with van der Waals surface area (Å²) in [6.07, 6.45) is 4.73. The Hall–Kier alpha value is -2.97. The van der Waals surface area contributed by atoms with E-state index in [4.69, 9.17) is 0 Å². The van der Waals surface area contributed by atoms with Crippen molar-refractivity contribution in [1.82, 2.24) is 14.9 Å². The maximum Gasteiger partial charge on any atom is 0.253 e. The van der Waals surface area contributed by atoms with Crippen LogP contribution < -0.4 is 10.0 Å². The molecule has 0 atom stereocenters. The van der Waals surface area contributed by atoms with Crippen LogP contribution in [0.3, 0.4) is 0 Å². The molecule has 0 aliphatic carbocycles. The van der Waals surface area contributed by atoms with Crippen LogP contribution in [0.1, 0.15) is 46.3 Å². The Balaban J connectivity index is 1.44. The van der Waals surface area contributed by atoms with Crippen molar-refractivity contribution in [2.75, 3.05) is 19.6 Å². The molecule has 0 unspecified atom stereocenters. The highest BCUT2D eigenvalue weighted by Gasteiger charge is 2.18. The molecule has 0 spiro atoms. The third-order valence-electron chi connectivity index (χ3n) is 5.28. The number of hydrogen-bond acceptors (Lipinski definition) is 4. The zero-order valence-corrected chi connectivity index (χ0v) is 19.0. The quantitative estimate of drug-likeness (QED) is 0.640. The molecule has 0 saturated carbocycles. The predicted octanol–water partition coefficient (Wildman–Crippen LogP) is 2.83. The number of nitrogens with zero attached hydrogens (tertiary/aromatic N) is 1. The monoisotopic (exact) mass is 455 g/mol. The molecule has 0 aromatic heterocycles. The first-order chi connectivity index (χ1) is 15.3. The zero-order valence-electron chi connectivity index (χ0n) is 18.2. The summed E-state index contributed by atoms with van der Waals surface area (Å²) in [5, 5.41) is 3.72. The smallest absolute Gasteiger partial charge is 0.253 e. The Kier molecular flexibility index (Phi) is 8.19. The number of likely N-dealkylation sites (tertiary alicyclic amines) is 1. The maximum absolute atomic E-state index is 12.5. The summed E-state index contributed by atoms with van der Waals surface area (Å²) < 4.78 is 26.4. The second kappa shape index (κ2) is 11.1. The van der Waals surface area contributed by atoms with Crippen molar-refractivity contribution in [2.24, 2.45) is 0 Å². The number of aryl methyl sites for hydroxylation is 1. The fourth-order valence-electron chi connectivity index (χ4n) is 3.37. The van der Waals surface area contributed by atoms with Crippen molar-refractivity contribution in [3.05, 3.63) is 76.2 Å². The summed E-state index contributed by atoms with van der Waals surface area (Å²) >= 11 is 0. The number of rotatable bonds is 8. The van der Waals surface area contributed by atoms with E-state index >= 15 is 0 Å². The minimum absolute atomic E-state index is 0.0355. The highest BCUT2D eigenvalue weighted by molar-refractivity contribution is 7.92. The van der Waals surface area contributed by atoms with Gasteiger partial charge in [0.15, 0.2) is 0 Å². The van der Waals surface area contributed by atoms with Crippen molar-refractivity contribution in [3.63, 3.8) is 0 Å². The summed E-state index contributed by atoms with van der Waals surface area (Å²) in [6.45, 7) is 3.44. The molecule has 7 nitrogen and oxygen atoms in total. The number of carbonyl (C=O) groups excluding carboxylic acids is 2. The van der Waals surface area contributed by atoms with Gasteiger partial charge in [-0.1, -0.05) is 42.0 Å². The molecule has 2 aromatic rings. The zero-order chi connectivity index (χ0) is 23.0. The molecule has 2 aromatic carbocycles. The van der Waals surface area contributed by atoms with Gasteiger partial charge in [0.05, 0.1) is 6.54 Å². The predicted molar refractivity (Wildman–Crippen MR) is 125 cm³/mol. The maximum atomic E-state index is 12.5. The van der Waals surface area contributed by atoms with Crippen LogP contribution in [-0.2, 0) is 21.4 Å². The van der Waals surface area contributed by atoms with Gasteiger partial charge in [-0.3, -0.25) is 9.59 Å². The largest absolute Gasteiger partial charge is 0.351 e. The minimum Gasteiger partial charge on any atom is -0.351 e. The number of nitrogens with one attached hydrogen (secondary N) is 2. The third-order valence-corrected chi connectivity index (χ3v) is 6.33. The molecule has 2 N–H and O–H groups in total. The fraction of sp³-hybridized carbons (Fsp3) is 0.333. The first kappa shape index (κ1) is 23.7. The topological polar surface area (TPSA) is 95.6 Å². The van der Waals surface area contributed by atoms with E-state index in [0.29, 0.717) is 5.56 Å². The Morgan fingerprint density at radius 2 is 1.62 bits per heavy atom. The summed E-state index contributed by atoms with van der Waals surface area (Å²) in [4.78, 5) is 26.4. The summed E-state index contributed by atoms with van der Waals surface area (Å²) in [5.74, 6) is -0.404. The first-order valence-electron chi connectivity index (χ1n) is 10.7. The van der Waals surface area contributed by atoms with Crippen molar-refractivity contribution in [2.45, 2.75) is 32.7 Å².